The second-order valence-corrected chi connectivity index (χ2v) is 8.79. The minimum Gasteiger partial charge on any atom is -0.383 e. The number of likely N-dealkylation sites (tertiary alicyclic amines) is 1. The van der Waals surface area contributed by atoms with Gasteiger partial charge in [0.1, 0.15) is 5.82 Å². The summed E-state index contributed by atoms with van der Waals surface area (Å²) in [5.41, 5.74) is 0.796. The first-order valence-electron chi connectivity index (χ1n) is 8.17. The molecule has 0 N–H and O–H groups in total. The van der Waals surface area contributed by atoms with Crippen LogP contribution in [0.1, 0.15) is 5.56 Å². The van der Waals surface area contributed by atoms with Crippen molar-refractivity contribution < 1.29 is 22.3 Å². The maximum Gasteiger partial charge on any atom is 0.216 e. The maximum absolute atomic E-state index is 13.6. The van der Waals surface area contributed by atoms with Gasteiger partial charge in [0, 0.05) is 33.3 Å². The molecule has 2 heterocycles. The van der Waals surface area contributed by atoms with Crippen LogP contribution in [0.15, 0.2) is 18.2 Å². The summed E-state index contributed by atoms with van der Waals surface area (Å²) in [6, 6.07) is 4.47. The number of hydrogen-bond acceptors (Lipinski definition) is 5. The average Bonchev–Trinajstić information content (AvgIpc) is 2.88. The van der Waals surface area contributed by atoms with Crippen LogP contribution in [0.4, 0.5) is 4.39 Å². The highest BCUT2D eigenvalue weighted by molar-refractivity contribution is 7.89. The van der Waals surface area contributed by atoms with Crippen LogP contribution in [-0.2, 0) is 26.0 Å². The lowest BCUT2D eigenvalue weighted by molar-refractivity contribution is 0.0431. The lowest BCUT2D eigenvalue weighted by Crippen LogP contribution is -2.47. The largest absolute Gasteiger partial charge is 0.383 e. The minimum atomic E-state index is -3.37. The molecule has 2 aliphatic rings. The zero-order chi connectivity index (χ0) is 18.0. The Morgan fingerprint density at radius 3 is 2.92 bits per heavy atom. The Hall–Kier alpha value is -0.770. The zero-order valence-electron chi connectivity index (χ0n) is 14.0. The molecular formula is C16H22ClFN2O4S. The van der Waals surface area contributed by atoms with E-state index in [0.717, 1.165) is 5.56 Å². The molecular weight excluding hydrogens is 371 g/mol. The standard InChI is InChI=1S/C16H22ClFN2O4S/c1-23-5-4-20-15-10-19(9-12-2-3-13(17)14(18)8-12)11-16(15)24-6-7-25(20,21)22/h2-3,8,15-16H,4-7,9-11H2,1H3/t15-,16+/m1/s1. The molecule has 9 heteroatoms. The summed E-state index contributed by atoms with van der Waals surface area (Å²) in [5.74, 6) is -0.459. The van der Waals surface area contributed by atoms with Gasteiger partial charge in [0.05, 0.1) is 36.1 Å². The van der Waals surface area contributed by atoms with Gasteiger partial charge >= 0.3 is 0 Å². The molecule has 0 aliphatic carbocycles. The number of hydrogen-bond donors (Lipinski definition) is 0. The summed E-state index contributed by atoms with van der Waals surface area (Å²) in [6.45, 7) is 2.50. The summed E-state index contributed by atoms with van der Waals surface area (Å²) in [6.07, 6.45) is -0.189. The Balaban J connectivity index is 1.74. The van der Waals surface area contributed by atoms with Gasteiger partial charge in [0.15, 0.2) is 0 Å². The Morgan fingerprint density at radius 1 is 1.40 bits per heavy atom. The molecule has 1 aromatic rings. The molecule has 2 fully saturated rings. The third kappa shape index (κ3) is 4.32. The number of nitrogens with zero attached hydrogens (tertiary/aromatic N) is 2. The summed E-state index contributed by atoms with van der Waals surface area (Å²) in [7, 11) is -1.82. The lowest BCUT2D eigenvalue weighted by atomic mass is 10.2. The van der Waals surface area contributed by atoms with Gasteiger partial charge in [-0.2, -0.15) is 4.31 Å². The van der Waals surface area contributed by atoms with Gasteiger partial charge in [0.2, 0.25) is 10.0 Å². The molecule has 2 aliphatic heterocycles. The van der Waals surface area contributed by atoms with E-state index in [4.69, 9.17) is 21.1 Å². The highest BCUT2D eigenvalue weighted by Crippen LogP contribution is 2.26. The van der Waals surface area contributed by atoms with Crippen LogP contribution in [0, 0.1) is 5.82 Å². The molecule has 0 unspecified atom stereocenters. The van der Waals surface area contributed by atoms with Crippen molar-refractivity contribution in [2.45, 2.75) is 18.7 Å². The van der Waals surface area contributed by atoms with Gasteiger partial charge in [-0.15, -0.1) is 0 Å². The van der Waals surface area contributed by atoms with Crippen molar-refractivity contribution in [2.75, 3.05) is 45.7 Å². The van der Waals surface area contributed by atoms with Crippen LogP contribution in [-0.4, -0.2) is 75.5 Å². The van der Waals surface area contributed by atoms with Crippen molar-refractivity contribution in [2.24, 2.45) is 0 Å². The van der Waals surface area contributed by atoms with E-state index in [1.807, 2.05) is 0 Å². The number of sulfonamides is 1. The third-order valence-corrected chi connectivity index (χ3v) is 6.78. The molecule has 2 saturated heterocycles. The van der Waals surface area contributed by atoms with E-state index in [2.05, 4.69) is 4.90 Å². The fraction of sp³-hybridized carbons (Fsp3) is 0.625. The summed E-state index contributed by atoms with van der Waals surface area (Å²) in [4.78, 5) is 2.08. The van der Waals surface area contributed by atoms with E-state index in [0.29, 0.717) is 32.8 Å². The normalized spacial score (nSPS) is 27.2. The second kappa shape index (κ2) is 7.85. The fourth-order valence-corrected chi connectivity index (χ4v) is 5.04. The molecule has 0 aromatic heterocycles. The van der Waals surface area contributed by atoms with Gasteiger partial charge in [0.25, 0.3) is 0 Å². The Labute approximate surface area is 152 Å². The predicted molar refractivity (Wildman–Crippen MR) is 92.6 cm³/mol. The number of methoxy groups -OCH3 is 1. The van der Waals surface area contributed by atoms with Gasteiger partial charge in [-0.1, -0.05) is 17.7 Å². The molecule has 25 heavy (non-hydrogen) atoms. The topological polar surface area (TPSA) is 59.1 Å². The number of benzene rings is 1. The Kier molecular flexibility index (Phi) is 5.97. The predicted octanol–water partition coefficient (Wildman–Crippen LogP) is 1.34. The van der Waals surface area contributed by atoms with Crippen molar-refractivity contribution in [3.8, 4) is 0 Å². The minimum absolute atomic E-state index is 0.00783. The lowest BCUT2D eigenvalue weighted by Gasteiger charge is -2.28. The van der Waals surface area contributed by atoms with Crippen LogP contribution >= 0.6 is 11.6 Å². The SMILES string of the molecule is COCCN1[C@@H]2CN(Cc3ccc(Cl)c(F)c3)C[C@@H]2OCCS1(=O)=O. The maximum atomic E-state index is 13.6. The van der Waals surface area contributed by atoms with E-state index < -0.39 is 15.8 Å². The monoisotopic (exact) mass is 392 g/mol. The fourth-order valence-electron chi connectivity index (χ4n) is 3.41. The van der Waals surface area contributed by atoms with E-state index in [9.17, 15) is 12.8 Å². The molecule has 6 nitrogen and oxygen atoms in total. The molecule has 0 radical (unpaired) electrons. The Morgan fingerprint density at radius 2 is 2.20 bits per heavy atom. The van der Waals surface area contributed by atoms with E-state index in [1.54, 1.807) is 13.2 Å². The molecule has 0 amide bonds. The van der Waals surface area contributed by atoms with Crippen LogP contribution in [0.2, 0.25) is 5.02 Å². The van der Waals surface area contributed by atoms with Gasteiger partial charge in [-0.25, -0.2) is 12.8 Å². The first kappa shape index (κ1) is 19.0. The second-order valence-electron chi connectivity index (χ2n) is 6.34. The number of ether oxygens (including phenoxy) is 2. The van der Waals surface area contributed by atoms with Crippen LogP contribution < -0.4 is 0 Å². The van der Waals surface area contributed by atoms with Gasteiger partial charge < -0.3 is 9.47 Å². The molecule has 1 aromatic carbocycles. The van der Waals surface area contributed by atoms with Crippen molar-refractivity contribution in [1.82, 2.24) is 9.21 Å². The molecule has 140 valence electrons. The van der Waals surface area contributed by atoms with E-state index >= 15 is 0 Å². The van der Waals surface area contributed by atoms with Crippen LogP contribution in [0.3, 0.4) is 0 Å². The van der Waals surface area contributed by atoms with E-state index in [-0.39, 0.29) is 29.5 Å². The number of fused-ring (bicyclic) bond motifs is 1. The Bertz CT molecular complexity index is 718. The zero-order valence-corrected chi connectivity index (χ0v) is 15.6. The van der Waals surface area contributed by atoms with Crippen LogP contribution in [0.25, 0.3) is 0 Å². The van der Waals surface area contributed by atoms with Gasteiger partial charge in [-0.05, 0) is 17.7 Å². The van der Waals surface area contributed by atoms with Crippen molar-refractivity contribution >= 4 is 21.6 Å². The highest BCUT2D eigenvalue weighted by atomic mass is 35.5. The summed E-state index contributed by atoms with van der Waals surface area (Å²) >= 11 is 5.72. The van der Waals surface area contributed by atoms with Crippen molar-refractivity contribution in [3.05, 3.63) is 34.6 Å². The first-order chi connectivity index (χ1) is 11.9. The molecule has 0 spiro atoms. The summed E-state index contributed by atoms with van der Waals surface area (Å²) in [5, 5.41) is 0.0931. The highest BCUT2D eigenvalue weighted by Gasteiger charge is 2.44. The number of halogens is 2. The molecule has 0 saturated carbocycles. The van der Waals surface area contributed by atoms with Crippen LogP contribution in [0.5, 0.6) is 0 Å². The molecule has 3 rings (SSSR count). The average molecular weight is 393 g/mol. The molecule has 2 atom stereocenters. The summed E-state index contributed by atoms with van der Waals surface area (Å²) < 4.78 is 51.0. The smallest absolute Gasteiger partial charge is 0.216 e. The first-order valence-corrected chi connectivity index (χ1v) is 10.2. The third-order valence-electron chi connectivity index (χ3n) is 4.62. The van der Waals surface area contributed by atoms with Crippen molar-refractivity contribution in [1.29, 1.82) is 0 Å². The van der Waals surface area contributed by atoms with Crippen molar-refractivity contribution in [3.63, 3.8) is 0 Å². The number of rotatable bonds is 5. The quantitative estimate of drug-likeness (QED) is 0.756. The van der Waals surface area contributed by atoms with Gasteiger partial charge in [-0.3, -0.25) is 4.90 Å². The molecule has 0 bridgehead atoms. The van der Waals surface area contributed by atoms with E-state index in [1.165, 1.54) is 16.4 Å².